The fourth-order valence-corrected chi connectivity index (χ4v) is 5.89. The molecule has 2 heterocycles. The molecule has 52 heavy (non-hydrogen) atoms. The van der Waals surface area contributed by atoms with Gasteiger partial charge in [0.2, 0.25) is 5.88 Å². The number of aliphatic hydroxyl groups excluding tert-OH is 2. The highest BCUT2D eigenvalue weighted by molar-refractivity contribution is 6.18. The van der Waals surface area contributed by atoms with Crippen molar-refractivity contribution in [1.29, 1.82) is 0 Å². The van der Waals surface area contributed by atoms with Crippen LogP contribution >= 0.6 is 0 Å². The molecule has 0 fully saturated rings. The van der Waals surface area contributed by atoms with Gasteiger partial charge in [-0.1, -0.05) is 13.8 Å². The van der Waals surface area contributed by atoms with E-state index in [0.29, 0.717) is 45.3 Å². The molecule has 0 radical (unpaired) electrons. The summed E-state index contributed by atoms with van der Waals surface area (Å²) in [5.74, 6) is -0.357. The number of ether oxygens (including phenoxy) is 6. The van der Waals surface area contributed by atoms with Crippen LogP contribution in [0.5, 0.6) is 5.88 Å². The van der Waals surface area contributed by atoms with Crippen molar-refractivity contribution in [2.75, 3.05) is 111 Å². The molecular weight excluding hydrogens is 680 g/mol. The zero-order valence-corrected chi connectivity index (χ0v) is 30.2. The Morgan fingerprint density at radius 3 is 1.81 bits per heavy atom. The Hall–Kier alpha value is -3.74. The molecule has 0 atom stereocenters. The minimum atomic E-state index is -0.592. The minimum Gasteiger partial charge on any atom is -0.494 e. The molecule has 0 unspecified atom stereocenters. The highest BCUT2D eigenvalue weighted by Gasteiger charge is 2.29. The predicted molar refractivity (Wildman–Crippen MR) is 195 cm³/mol. The van der Waals surface area contributed by atoms with Crippen LogP contribution in [0, 0.1) is 0 Å². The number of benzene rings is 2. The van der Waals surface area contributed by atoms with Crippen molar-refractivity contribution in [1.82, 2.24) is 9.13 Å². The van der Waals surface area contributed by atoms with E-state index in [9.17, 15) is 19.5 Å². The third-order valence-electron chi connectivity index (χ3n) is 8.18. The van der Waals surface area contributed by atoms with E-state index in [-0.39, 0.29) is 123 Å². The van der Waals surface area contributed by atoms with Crippen LogP contribution in [0.3, 0.4) is 0 Å². The highest BCUT2D eigenvalue weighted by atomic mass is 16.5. The first-order chi connectivity index (χ1) is 25.4. The van der Waals surface area contributed by atoms with Crippen LogP contribution in [-0.2, 0) is 41.5 Å². The van der Waals surface area contributed by atoms with Crippen molar-refractivity contribution in [2.45, 2.75) is 39.8 Å². The summed E-state index contributed by atoms with van der Waals surface area (Å²) in [5.41, 5.74) is -1.06. The van der Waals surface area contributed by atoms with Crippen molar-refractivity contribution in [3.8, 4) is 17.0 Å². The van der Waals surface area contributed by atoms with E-state index in [1.54, 1.807) is 6.07 Å². The van der Waals surface area contributed by atoms with Crippen LogP contribution in [0.15, 0.2) is 31.5 Å². The van der Waals surface area contributed by atoms with Crippen LogP contribution in [0.1, 0.15) is 26.7 Å². The number of aromatic hydroxyl groups is 1. The second kappa shape index (κ2) is 21.7. The van der Waals surface area contributed by atoms with Crippen molar-refractivity contribution in [3.63, 3.8) is 0 Å². The molecule has 1 aromatic carbocycles. The molecule has 2 aromatic rings. The summed E-state index contributed by atoms with van der Waals surface area (Å²) in [4.78, 5) is 47.2. The van der Waals surface area contributed by atoms with E-state index >= 15 is 0 Å². The SMILES string of the molecule is CCCOCCOCCn1c(O)c2cc(NCCOCCO)c3c4c2c(c(=NCCOCCO)cc-4c(=O)n(CCOCCOCCC)c3=O)c1=O. The number of anilines is 1. The van der Waals surface area contributed by atoms with Crippen molar-refractivity contribution >= 4 is 27.2 Å². The summed E-state index contributed by atoms with van der Waals surface area (Å²) < 4.78 is 35.4. The Kier molecular flexibility index (Phi) is 17.1. The Morgan fingerprint density at radius 1 is 0.635 bits per heavy atom. The first-order valence-corrected chi connectivity index (χ1v) is 17.9. The number of hydrogen-bond acceptors (Lipinski definition) is 14. The smallest absolute Gasteiger partial charge is 0.263 e. The summed E-state index contributed by atoms with van der Waals surface area (Å²) in [6.07, 6.45) is 1.76. The van der Waals surface area contributed by atoms with E-state index in [2.05, 4.69) is 10.3 Å². The van der Waals surface area contributed by atoms with E-state index in [1.807, 2.05) is 13.8 Å². The van der Waals surface area contributed by atoms with E-state index < -0.39 is 16.7 Å². The molecule has 0 spiro atoms. The van der Waals surface area contributed by atoms with E-state index in [4.69, 9.17) is 38.6 Å². The van der Waals surface area contributed by atoms with Gasteiger partial charge in [0, 0.05) is 41.8 Å². The molecule has 1 aromatic heterocycles. The van der Waals surface area contributed by atoms with Gasteiger partial charge in [-0.3, -0.25) is 28.5 Å². The van der Waals surface area contributed by atoms with Crippen molar-refractivity contribution in [2.24, 2.45) is 4.99 Å². The molecule has 288 valence electrons. The maximum absolute atomic E-state index is 14.2. The molecule has 2 aliphatic rings. The fraction of sp³-hybridized carbons (Fsp3) is 0.611. The molecule has 16 nitrogen and oxygen atoms in total. The van der Waals surface area contributed by atoms with Crippen molar-refractivity contribution < 1.29 is 43.7 Å². The lowest BCUT2D eigenvalue weighted by molar-refractivity contribution is 0.0444. The number of nitrogens with one attached hydrogen (secondary N) is 1. The van der Waals surface area contributed by atoms with Gasteiger partial charge in [0.15, 0.2) is 0 Å². The number of hydrogen-bond donors (Lipinski definition) is 4. The zero-order chi connectivity index (χ0) is 37.3. The normalized spacial score (nSPS) is 12.3. The van der Waals surface area contributed by atoms with Crippen molar-refractivity contribution in [3.05, 3.63) is 48.6 Å². The van der Waals surface area contributed by atoms with Crippen LogP contribution in [0.25, 0.3) is 32.7 Å². The third kappa shape index (κ3) is 10.2. The Morgan fingerprint density at radius 2 is 1.19 bits per heavy atom. The summed E-state index contributed by atoms with van der Waals surface area (Å²) in [6.45, 7) is 7.38. The van der Waals surface area contributed by atoms with Crippen LogP contribution in [0.4, 0.5) is 5.69 Å². The first kappa shape index (κ1) is 41.0. The largest absolute Gasteiger partial charge is 0.494 e. The van der Waals surface area contributed by atoms with Gasteiger partial charge >= 0.3 is 0 Å². The third-order valence-corrected chi connectivity index (χ3v) is 8.18. The van der Waals surface area contributed by atoms with Gasteiger partial charge in [0.1, 0.15) is 0 Å². The topological polar surface area (TPSA) is 202 Å². The highest BCUT2D eigenvalue weighted by Crippen LogP contribution is 2.40. The zero-order valence-electron chi connectivity index (χ0n) is 30.2. The Balaban J connectivity index is 1.89. The molecule has 4 rings (SSSR count). The summed E-state index contributed by atoms with van der Waals surface area (Å²) in [7, 11) is 0. The van der Waals surface area contributed by atoms with Gasteiger partial charge in [-0.2, -0.15) is 0 Å². The monoisotopic (exact) mass is 732 g/mol. The standard InChI is InChI=1S/C36H52N4O12/c1-3-11-47-19-21-51-15-7-39-33(43)25-23-28(38-6-14-50-18-10-42)32-30-26(34(44)40(36(32)46)8-16-52-22-20-48-12-4-2)24-27(31(29(25)30)35(39)45)37-5-13-49-17-9-41/h23-24,37,41-42,44H,3-22H2,1-2H3. The molecule has 0 saturated heterocycles. The molecule has 1 aliphatic carbocycles. The number of rotatable bonds is 27. The molecule has 0 amide bonds. The van der Waals surface area contributed by atoms with Gasteiger partial charge in [-0.15, -0.1) is 0 Å². The summed E-state index contributed by atoms with van der Waals surface area (Å²) in [6, 6.07) is 3.10. The molecule has 1 aliphatic heterocycles. The number of aliphatic hydroxyl groups is 2. The van der Waals surface area contributed by atoms with Gasteiger partial charge in [0.05, 0.1) is 121 Å². The Labute approximate surface area is 301 Å². The lowest BCUT2D eigenvalue weighted by Gasteiger charge is -2.22. The number of nitrogens with zero attached hydrogens (tertiary/aromatic N) is 3. The fourth-order valence-electron chi connectivity index (χ4n) is 5.89. The van der Waals surface area contributed by atoms with E-state index in [0.717, 1.165) is 17.4 Å². The lowest BCUT2D eigenvalue weighted by atomic mass is 9.89. The van der Waals surface area contributed by atoms with Gasteiger partial charge in [0.25, 0.3) is 16.7 Å². The average Bonchev–Trinajstić information content (AvgIpc) is 3.14. The molecular formula is C36H52N4O12. The van der Waals surface area contributed by atoms with Gasteiger partial charge < -0.3 is 49.1 Å². The predicted octanol–water partition coefficient (Wildman–Crippen LogP) is 0.579. The number of pyridine rings is 2. The van der Waals surface area contributed by atoms with Gasteiger partial charge in [-0.05, 0) is 25.0 Å². The molecule has 0 saturated carbocycles. The maximum Gasteiger partial charge on any atom is 0.263 e. The maximum atomic E-state index is 14.2. The first-order valence-electron chi connectivity index (χ1n) is 17.9. The molecule has 4 N–H and O–H groups in total. The van der Waals surface area contributed by atoms with Crippen LogP contribution in [0.2, 0.25) is 0 Å². The molecule has 16 heteroatoms. The minimum absolute atomic E-state index is 0.00875. The van der Waals surface area contributed by atoms with Crippen LogP contribution < -0.4 is 27.4 Å². The average molecular weight is 733 g/mol. The summed E-state index contributed by atoms with van der Waals surface area (Å²) in [5, 5.41) is 34.1. The second-order valence-electron chi connectivity index (χ2n) is 11.9. The van der Waals surface area contributed by atoms with E-state index in [1.165, 1.54) is 10.6 Å². The lowest BCUT2D eigenvalue weighted by Crippen LogP contribution is -2.38. The quantitative estimate of drug-likeness (QED) is 0.0491. The second-order valence-corrected chi connectivity index (χ2v) is 11.9. The van der Waals surface area contributed by atoms with Gasteiger partial charge in [-0.25, -0.2) is 0 Å². The Bertz CT molecular complexity index is 1880. The molecule has 0 bridgehead atoms. The number of aromatic nitrogens is 2. The summed E-state index contributed by atoms with van der Waals surface area (Å²) >= 11 is 0. The van der Waals surface area contributed by atoms with Crippen LogP contribution in [-0.4, -0.2) is 130 Å².